The van der Waals surface area contributed by atoms with Gasteiger partial charge >= 0.3 is 5.97 Å². The molecule has 0 amide bonds. The lowest BCUT2D eigenvalue weighted by molar-refractivity contribution is 0.0526. The Kier molecular flexibility index (Phi) is 6.00. The quantitative estimate of drug-likeness (QED) is 0.331. The van der Waals surface area contributed by atoms with Gasteiger partial charge in [0.25, 0.3) is 0 Å². The maximum Gasteiger partial charge on any atom is 0.338 e. The first-order valence-corrected chi connectivity index (χ1v) is 8.91. The van der Waals surface area contributed by atoms with Crippen LogP contribution in [0.25, 0.3) is 0 Å². The highest BCUT2D eigenvalue weighted by molar-refractivity contribution is 6.03. The van der Waals surface area contributed by atoms with Gasteiger partial charge in [0.05, 0.1) is 17.9 Å². The molecule has 0 saturated heterocycles. The Labute approximate surface area is 159 Å². The number of carbonyl (C=O) groups excluding carboxylic acids is 1. The number of para-hydroxylation sites is 2. The lowest BCUT2D eigenvalue weighted by atomic mass is 10.2. The van der Waals surface area contributed by atoms with Crippen molar-refractivity contribution in [1.29, 1.82) is 0 Å². The van der Waals surface area contributed by atoms with E-state index in [1.165, 1.54) is 0 Å². The van der Waals surface area contributed by atoms with E-state index in [1.54, 1.807) is 19.1 Å². The van der Waals surface area contributed by atoms with Crippen molar-refractivity contribution in [2.45, 2.75) is 13.8 Å². The summed E-state index contributed by atoms with van der Waals surface area (Å²) < 4.78 is 5.02. The third-order valence-corrected chi connectivity index (χ3v) is 4.02. The molecule has 0 heterocycles. The Hall–Kier alpha value is -3.40. The van der Waals surface area contributed by atoms with Gasteiger partial charge in [-0.2, -0.15) is 0 Å². The van der Waals surface area contributed by atoms with Gasteiger partial charge in [-0.15, -0.1) is 0 Å². The van der Waals surface area contributed by atoms with Crippen LogP contribution in [0.3, 0.4) is 0 Å². The Morgan fingerprint density at radius 3 is 1.85 bits per heavy atom. The van der Waals surface area contributed by atoms with Crippen molar-refractivity contribution in [3.63, 3.8) is 0 Å². The molecule has 0 aromatic heterocycles. The van der Waals surface area contributed by atoms with Crippen LogP contribution in [0.4, 0.5) is 17.1 Å². The summed E-state index contributed by atoms with van der Waals surface area (Å²) in [5.41, 5.74) is 3.37. The van der Waals surface area contributed by atoms with Crippen LogP contribution in [0.15, 0.2) is 89.9 Å². The summed E-state index contributed by atoms with van der Waals surface area (Å²) in [4.78, 5) is 18.6. The number of carbonyl (C=O) groups is 1. The number of hydrogen-bond acceptors (Lipinski definition) is 3. The van der Waals surface area contributed by atoms with Crippen molar-refractivity contribution in [2.24, 2.45) is 4.99 Å². The van der Waals surface area contributed by atoms with Crippen molar-refractivity contribution < 1.29 is 9.53 Å². The molecule has 0 saturated carbocycles. The number of nitrogens with zero attached hydrogens (tertiary/aromatic N) is 2. The fourth-order valence-electron chi connectivity index (χ4n) is 2.80. The largest absolute Gasteiger partial charge is 0.462 e. The van der Waals surface area contributed by atoms with Crippen LogP contribution < -0.4 is 4.90 Å². The first kappa shape index (κ1) is 18.4. The molecular formula is C23H22N2O2. The summed E-state index contributed by atoms with van der Waals surface area (Å²) in [6.07, 6.45) is 0. The van der Waals surface area contributed by atoms with Gasteiger partial charge in [0.1, 0.15) is 5.84 Å². The number of amidine groups is 1. The molecule has 0 N–H and O–H groups in total. The predicted molar refractivity (Wildman–Crippen MR) is 110 cm³/mol. The normalized spacial score (nSPS) is 11.1. The number of rotatable bonds is 5. The van der Waals surface area contributed by atoms with Crippen LogP contribution in [0.2, 0.25) is 0 Å². The van der Waals surface area contributed by atoms with Crippen molar-refractivity contribution in [3.05, 3.63) is 90.5 Å². The molecule has 136 valence electrons. The highest BCUT2D eigenvalue weighted by Gasteiger charge is 2.12. The third kappa shape index (κ3) is 4.61. The topological polar surface area (TPSA) is 41.9 Å². The number of hydrogen-bond donors (Lipinski definition) is 0. The van der Waals surface area contributed by atoms with Crippen LogP contribution in [-0.2, 0) is 4.74 Å². The van der Waals surface area contributed by atoms with Gasteiger partial charge in [0, 0.05) is 11.4 Å². The lowest BCUT2D eigenvalue weighted by Crippen LogP contribution is -2.22. The van der Waals surface area contributed by atoms with Gasteiger partial charge in [-0.05, 0) is 62.4 Å². The van der Waals surface area contributed by atoms with E-state index in [0.29, 0.717) is 12.2 Å². The molecular weight excluding hydrogens is 336 g/mol. The molecule has 0 aliphatic carbocycles. The SMILES string of the molecule is CCOC(=O)c1ccc(N=C(C)N(c2ccccc2)c2ccccc2)cc1. The van der Waals surface area contributed by atoms with Gasteiger partial charge < -0.3 is 4.74 Å². The number of aliphatic imine (C=N–C) groups is 1. The zero-order chi connectivity index (χ0) is 19.1. The molecule has 0 aliphatic rings. The zero-order valence-corrected chi connectivity index (χ0v) is 15.5. The van der Waals surface area contributed by atoms with Crippen molar-refractivity contribution in [3.8, 4) is 0 Å². The minimum absolute atomic E-state index is 0.319. The maximum atomic E-state index is 11.8. The Morgan fingerprint density at radius 1 is 0.852 bits per heavy atom. The molecule has 4 nitrogen and oxygen atoms in total. The predicted octanol–water partition coefficient (Wildman–Crippen LogP) is 5.75. The Bertz CT molecular complexity index is 865. The van der Waals surface area contributed by atoms with E-state index in [-0.39, 0.29) is 5.97 Å². The van der Waals surface area contributed by atoms with E-state index >= 15 is 0 Å². The van der Waals surface area contributed by atoms with Crippen LogP contribution in [0.1, 0.15) is 24.2 Å². The highest BCUT2D eigenvalue weighted by Crippen LogP contribution is 2.27. The molecule has 3 rings (SSSR count). The van der Waals surface area contributed by atoms with E-state index in [2.05, 4.69) is 29.2 Å². The van der Waals surface area contributed by atoms with Gasteiger partial charge in [-0.1, -0.05) is 36.4 Å². The number of anilines is 2. The third-order valence-electron chi connectivity index (χ3n) is 4.02. The number of benzene rings is 3. The van der Waals surface area contributed by atoms with Gasteiger partial charge in [0.2, 0.25) is 0 Å². The number of ether oxygens (including phenoxy) is 1. The molecule has 3 aromatic carbocycles. The molecule has 27 heavy (non-hydrogen) atoms. The fourth-order valence-corrected chi connectivity index (χ4v) is 2.80. The van der Waals surface area contributed by atoms with Crippen molar-refractivity contribution >= 4 is 28.9 Å². The summed E-state index contributed by atoms with van der Waals surface area (Å²) in [5.74, 6) is 0.510. The molecule has 0 fully saturated rings. The molecule has 0 radical (unpaired) electrons. The second kappa shape index (κ2) is 8.81. The first-order valence-electron chi connectivity index (χ1n) is 8.91. The molecule has 0 aliphatic heterocycles. The average Bonchev–Trinajstić information content (AvgIpc) is 2.70. The maximum absolute atomic E-state index is 11.8. The fraction of sp³-hybridized carbons (Fsp3) is 0.130. The molecule has 0 bridgehead atoms. The number of esters is 1. The van der Waals surface area contributed by atoms with Crippen LogP contribution in [-0.4, -0.2) is 18.4 Å². The molecule has 0 atom stereocenters. The Morgan fingerprint density at radius 2 is 1.37 bits per heavy atom. The molecule has 0 unspecified atom stereocenters. The van der Waals surface area contributed by atoms with E-state index in [4.69, 9.17) is 9.73 Å². The summed E-state index contributed by atoms with van der Waals surface area (Å²) in [7, 11) is 0. The molecule has 0 spiro atoms. The van der Waals surface area contributed by atoms with Gasteiger partial charge in [0.15, 0.2) is 0 Å². The second-order valence-corrected chi connectivity index (χ2v) is 5.93. The molecule has 3 aromatic rings. The van der Waals surface area contributed by atoms with Crippen molar-refractivity contribution in [1.82, 2.24) is 0 Å². The summed E-state index contributed by atoms with van der Waals surface area (Å²) in [6.45, 7) is 4.13. The summed E-state index contributed by atoms with van der Waals surface area (Å²) in [6, 6.07) is 27.3. The van der Waals surface area contributed by atoms with E-state index < -0.39 is 0 Å². The summed E-state index contributed by atoms with van der Waals surface area (Å²) >= 11 is 0. The van der Waals surface area contributed by atoms with Crippen LogP contribution in [0, 0.1) is 0 Å². The Balaban J connectivity index is 1.92. The average molecular weight is 358 g/mol. The monoisotopic (exact) mass is 358 g/mol. The van der Waals surface area contributed by atoms with E-state index in [9.17, 15) is 4.79 Å². The zero-order valence-electron chi connectivity index (χ0n) is 15.5. The van der Waals surface area contributed by atoms with Crippen LogP contribution in [0.5, 0.6) is 0 Å². The summed E-state index contributed by atoms with van der Waals surface area (Å²) in [5, 5.41) is 0. The van der Waals surface area contributed by atoms with Crippen LogP contribution >= 0.6 is 0 Å². The van der Waals surface area contributed by atoms with Gasteiger partial charge in [-0.3, -0.25) is 4.90 Å². The smallest absolute Gasteiger partial charge is 0.338 e. The molecule has 4 heteroatoms. The standard InChI is InChI=1S/C23H22N2O2/c1-3-27-23(26)19-14-16-20(17-15-19)24-18(2)25(21-10-6-4-7-11-21)22-12-8-5-9-13-22/h4-17H,3H2,1-2H3. The second-order valence-electron chi connectivity index (χ2n) is 5.93. The minimum Gasteiger partial charge on any atom is -0.462 e. The first-order chi connectivity index (χ1) is 13.2. The minimum atomic E-state index is -0.319. The van der Waals surface area contributed by atoms with E-state index in [1.807, 2.05) is 55.5 Å². The van der Waals surface area contributed by atoms with Crippen molar-refractivity contribution in [2.75, 3.05) is 11.5 Å². The van der Waals surface area contributed by atoms with E-state index in [0.717, 1.165) is 22.9 Å². The lowest BCUT2D eigenvalue weighted by Gasteiger charge is -2.24. The highest BCUT2D eigenvalue weighted by atomic mass is 16.5. The van der Waals surface area contributed by atoms with Gasteiger partial charge in [-0.25, -0.2) is 9.79 Å².